The molecule has 0 atom stereocenters. The van der Waals surface area contributed by atoms with E-state index < -0.39 is 11.7 Å². The third-order valence-electron chi connectivity index (χ3n) is 3.63. The molecule has 3 N–H and O–H groups in total. The first-order valence-electron chi connectivity index (χ1n) is 6.89. The molecule has 0 saturated carbocycles. The zero-order valence-corrected chi connectivity index (χ0v) is 12.0. The number of aromatic nitrogens is 1. The monoisotopic (exact) mass is 303 g/mol. The van der Waals surface area contributed by atoms with Crippen molar-refractivity contribution in [1.82, 2.24) is 9.88 Å². The number of hydrogen-bond donors (Lipinski definition) is 2. The summed E-state index contributed by atoms with van der Waals surface area (Å²) in [4.78, 5) is 8.10. The quantitative estimate of drug-likeness (QED) is 0.643. The number of nitrogens with two attached hydrogens (primary N) is 1. The van der Waals surface area contributed by atoms with Gasteiger partial charge in [-0.15, -0.1) is 0 Å². The fourth-order valence-electron chi connectivity index (χ4n) is 2.36. The summed E-state index contributed by atoms with van der Waals surface area (Å²) in [5, 5.41) is 0. The smallest absolute Gasteiger partial charge is 0.358 e. The molecule has 5 nitrogen and oxygen atoms in total. The van der Waals surface area contributed by atoms with Gasteiger partial charge in [-0.2, -0.15) is 13.2 Å². The molecule has 0 spiro atoms. The highest BCUT2D eigenvalue weighted by atomic mass is 19.4. The van der Waals surface area contributed by atoms with E-state index in [-0.39, 0.29) is 11.6 Å². The van der Waals surface area contributed by atoms with E-state index in [1.165, 1.54) is 12.8 Å². The van der Waals surface area contributed by atoms with Crippen molar-refractivity contribution in [3.63, 3.8) is 0 Å². The summed E-state index contributed by atoms with van der Waals surface area (Å²) < 4.78 is 38.6. The molecule has 21 heavy (non-hydrogen) atoms. The topological polar surface area (TPSA) is 57.4 Å². The Morgan fingerprint density at radius 1 is 1.33 bits per heavy atom. The van der Waals surface area contributed by atoms with Crippen molar-refractivity contribution in [3.05, 3.63) is 17.7 Å². The molecule has 0 radical (unpaired) electrons. The third kappa shape index (κ3) is 4.21. The van der Waals surface area contributed by atoms with Gasteiger partial charge in [0.05, 0.1) is 5.56 Å². The third-order valence-corrected chi connectivity index (χ3v) is 3.63. The number of likely N-dealkylation sites (tertiary alicyclic amines) is 1. The summed E-state index contributed by atoms with van der Waals surface area (Å²) in [6, 6.07) is 1.95. The van der Waals surface area contributed by atoms with Gasteiger partial charge >= 0.3 is 6.18 Å². The highest BCUT2D eigenvalue weighted by molar-refractivity contribution is 5.50. The molecule has 0 bridgehead atoms. The predicted octanol–water partition coefficient (Wildman–Crippen LogP) is 1.92. The Hall–Kier alpha value is -1.54. The molecule has 0 unspecified atom stereocenters. The van der Waals surface area contributed by atoms with Gasteiger partial charge in [-0.25, -0.2) is 10.8 Å². The van der Waals surface area contributed by atoms with Gasteiger partial charge in [-0.05, 0) is 38.1 Å². The molecule has 0 amide bonds. The van der Waals surface area contributed by atoms with Gasteiger partial charge in [-0.3, -0.25) is 0 Å². The van der Waals surface area contributed by atoms with Gasteiger partial charge < -0.3 is 15.2 Å². The summed E-state index contributed by atoms with van der Waals surface area (Å²) in [6.07, 6.45) is -2.04. The molecule has 1 fully saturated rings. The van der Waals surface area contributed by atoms with Crippen LogP contribution in [-0.4, -0.2) is 43.1 Å². The van der Waals surface area contributed by atoms with Crippen molar-refractivity contribution >= 4 is 11.6 Å². The fourth-order valence-corrected chi connectivity index (χ4v) is 2.36. The Kier molecular flexibility index (Phi) is 4.89. The number of hydrogen-bond acceptors (Lipinski definition) is 5. The van der Waals surface area contributed by atoms with Crippen molar-refractivity contribution < 1.29 is 13.2 Å². The Morgan fingerprint density at radius 3 is 2.57 bits per heavy atom. The van der Waals surface area contributed by atoms with Crippen LogP contribution in [0.5, 0.6) is 0 Å². The fraction of sp³-hybridized carbons (Fsp3) is 0.615. The normalized spacial score (nSPS) is 16.2. The maximum Gasteiger partial charge on any atom is 0.416 e. The van der Waals surface area contributed by atoms with E-state index in [1.54, 1.807) is 11.9 Å². The molecule has 1 aliphatic heterocycles. The minimum absolute atomic E-state index is 0.00727. The molecule has 2 rings (SSSR count). The minimum atomic E-state index is -4.42. The summed E-state index contributed by atoms with van der Waals surface area (Å²) in [6.45, 7) is 3.55. The Balaban J connectivity index is 2.09. The zero-order chi connectivity index (χ0) is 15.5. The SMILES string of the molecule is CN(CCN1CCCC1)c1cc(C(F)(F)F)cc(NN)n1. The maximum absolute atomic E-state index is 12.9. The predicted molar refractivity (Wildman–Crippen MR) is 76.0 cm³/mol. The first-order valence-corrected chi connectivity index (χ1v) is 6.89. The van der Waals surface area contributed by atoms with E-state index >= 15 is 0 Å². The van der Waals surface area contributed by atoms with Crippen LogP contribution < -0.4 is 16.2 Å². The molecule has 0 aliphatic carbocycles. The van der Waals surface area contributed by atoms with E-state index in [2.05, 4.69) is 15.3 Å². The van der Waals surface area contributed by atoms with Crippen molar-refractivity contribution in [3.8, 4) is 0 Å². The van der Waals surface area contributed by atoms with Crippen LogP contribution >= 0.6 is 0 Å². The van der Waals surface area contributed by atoms with Crippen LogP contribution in [0.2, 0.25) is 0 Å². The molecule has 8 heteroatoms. The van der Waals surface area contributed by atoms with E-state index in [4.69, 9.17) is 5.84 Å². The molecule has 118 valence electrons. The summed E-state index contributed by atoms with van der Waals surface area (Å²) in [5.74, 6) is 5.47. The van der Waals surface area contributed by atoms with Crippen LogP contribution in [-0.2, 0) is 6.18 Å². The molecule has 1 aromatic heterocycles. The van der Waals surface area contributed by atoms with Gasteiger partial charge in [0, 0.05) is 20.1 Å². The number of hydrazine groups is 1. The highest BCUT2D eigenvalue weighted by Gasteiger charge is 2.32. The van der Waals surface area contributed by atoms with Gasteiger partial charge in [-0.1, -0.05) is 0 Å². The highest BCUT2D eigenvalue weighted by Crippen LogP contribution is 2.32. The van der Waals surface area contributed by atoms with Crippen molar-refractivity contribution in [2.75, 3.05) is 43.6 Å². The van der Waals surface area contributed by atoms with Crippen molar-refractivity contribution in [2.24, 2.45) is 5.84 Å². The molecule has 1 aromatic rings. The molecule has 0 aromatic carbocycles. The standard InChI is InChI=1S/C13H20F3N5/c1-20(6-7-21-4-2-3-5-21)12-9-10(13(14,15)16)8-11(18-12)19-17/h8-9H,2-7,17H2,1H3,(H,18,19). The minimum Gasteiger partial charge on any atom is -0.358 e. The molecule has 2 heterocycles. The largest absolute Gasteiger partial charge is 0.416 e. The lowest BCUT2D eigenvalue weighted by Gasteiger charge is -2.23. The first-order chi connectivity index (χ1) is 9.90. The van der Waals surface area contributed by atoms with Crippen LogP contribution in [0.1, 0.15) is 18.4 Å². The summed E-state index contributed by atoms with van der Waals surface area (Å²) >= 11 is 0. The number of rotatable bonds is 5. The summed E-state index contributed by atoms with van der Waals surface area (Å²) in [7, 11) is 1.73. The number of likely N-dealkylation sites (N-methyl/N-ethyl adjacent to an activating group) is 1. The average molecular weight is 303 g/mol. The van der Waals surface area contributed by atoms with Crippen LogP contribution in [0.15, 0.2) is 12.1 Å². The van der Waals surface area contributed by atoms with Gasteiger partial charge in [0.25, 0.3) is 0 Å². The second kappa shape index (κ2) is 6.48. The Bertz CT molecular complexity index is 471. The van der Waals surface area contributed by atoms with Gasteiger partial charge in [0.1, 0.15) is 11.6 Å². The lowest BCUT2D eigenvalue weighted by Crippen LogP contribution is -2.32. The maximum atomic E-state index is 12.9. The van der Waals surface area contributed by atoms with Crippen LogP contribution in [0.3, 0.4) is 0 Å². The lowest BCUT2D eigenvalue weighted by atomic mass is 10.2. The number of pyridine rings is 1. The molecular weight excluding hydrogens is 283 g/mol. The van der Waals surface area contributed by atoms with Gasteiger partial charge in [0.2, 0.25) is 0 Å². The van der Waals surface area contributed by atoms with E-state index in [9.17, 15) is 13.2 Å². The van der Waals surface area contributed by atoms with Crippen LogP contribution in [0.25, 0.3) is 0 Å². The van der Waals surface area contributed by atoms with Crippen molar-refractivity contribution in [1.29, 1.82) is 0 Å². The average Bonchev–Trinajstić information content (AvgIpc) is 2.96. The number of nitrogens with one attached hydrogen (secondary N) is 1. The molecule has 1 aliphatic rings. The number of anilines is 2. The zero-order valence-electron chi connectivity index (χ0n) is 12.0. The number of nitrogens with zero attached hydrogens (tertiary/aromatic N) is 3. The van der Waals surface area contributed by atoms with E-state index in [1.807, 2.05) is 0 Å². The summed E-state index contributed by atoms with van der Waals surface area (Å²) in [5.41, 5.74) is 1.43. The lowest BCUT2D eigenvalue weighted by molar-refractivity contribution is -0.137. The number of alkyl halides is 3. The second-order valence-corrected chi connectivity index (χ2v) is 5.21. The second-order valence-electron chi connectivity index (χ2n) is 5.21. The van der Waals surface area contributed by atoms with Gasteiger partial charge in [0.15, 0.2) is 0 Å². The van der Waals surface area contributed by atoms with Crippen LogP contribution in [0.4, 0.5) is 24.8 Å². The van der Waals surface area contributed by atoms with E-state index in [0.717, 1.165) is 31.8 Å². The molecular formula is C13H20F3N5. The molecule has 1 saturated heterocycles. The number of halogens is 3. The first kappa shape index (κ1) is 15.8. The van der Waals surface area contributed by atoms with E-state index in [0.29, 0.717) is 6.54 Å². The Morgan fingerprint density at radius 2 is 2.00 bits per heavy atom. The van der Waals surface area contributed by atoms with Crippen molar-refractivity contribution in [2.45, 2.75) is 19.0 Å². The number of nitrogen functional groups attached to an aromatic ring is 1. The Labute approximate surface area is 121 Å². The van der Waals surface area contributed by atoms with Crippen LogP contribution in [0, 0.1) is 0 Å².